The van der Waals surface area contributed by atoms with Crippen molar-refractivity contribution in [2.24, 2.45) is 5.73 Å². The molecule has 11 nitrogen and oxygen atoms in total. The smallest absolute Gasteiger partial charge is 0.245 e. The van der Waals surface area contributed by atoms with Gasteiger partial charge >= 0.3 is 0 Å². The molecular weight excluding hydrogens is 737 g/mol. The normalized spacial score (nSPS) is 19.3. The zero-order valence-corrected chi connectivity index (χ0v) is 33.0. The molecule has 0 saturated carbocycles. The van der Waals surface area contributed by atoms with Crippen molar-refractivity contribution in [3.8, 4) is 34.4 Å². The van der Waals surface area contributed by atoms with Crippen LogP contribution in [0.2, 0.25) is 0 Å². The van der Waals surface area contributed by atoms with Gasteiger partial charge in [-0.1, -0.05) is 96.8 Å². The van der Waals surface area contributed by atoms with Crippen LogP contribution in [0.1, 0.15) is 83.8 Å². The van der Waals surface area contributed by atoms with Crippen LogP contribution in [0.4, 0.5) is 0 Å². The van der Waals surface area contributed by atoms with Crippen molar-refractivity contribution in [1.29, 1.82) is 0 Å². The lowest BCUT2D eigenvalue weighted by atomic mass is 10.0. The molecule has 4 atom stereocenters. The first kappa shape index (κ1) is 38.2. The fourth-order valence-electron chi connectivity index (χ4n) is 8.66. The van der Waals surface area contributed by atoms with Crippen LogP contribution in [-0.2, 0) is 14.3 Å². The average Bonchev–Trinajstić information content (AvgIpc) is 4.14. The molecule has 2 amide bonds. The van der Waals surface area contributed by atoms with Crippen LogP contribution in [0.25, 0.3) is 22.5 Å². The summed E-state index contributed by atoms with van der Waals surface area (Å²) in [5.74, 6) is 8.22. The number of nitrogens with zero attached hydrogens (tertiary/aromatic N) is 5. The summed E-state index contributed by atoms with van der Waals surface area (Å²) >= 11 is 0. The number of carbonyl (C=O) groups excluding carboxylic acids is 2. The first-order valence-corrected chi connectivity index (χ1v) is 20.6. The number of benzene rings is 4. The number of aromatic amines is 2. The Morgan fingerprint density at radius 3 is 1.61 bits per heavy atom. The van der Waals surface area contributed by atoms with Gasteiger partial charge in [-0.05, 0) is 72.2 Å². The van der Waals surface area contributed by atoms with Crippen LogP contribution in [-0.4, -0.2) is 85.8 Å². The van der Waals surface area contributed by atoms with Gasteiger partial charge in [0.05, 0.1) is 49.1 Å². The van der Waals surface area contributed by atoms with Gasteiger partial charge in [0.2, 0.25) is 11.8 Å². The monoisotopic (exact) mass is 784 g/mol. The van der Waals surface area contributed by atoms with E-state index in [0.29, 0.717) is 26.3 Å². The number of H-pyrrole nitrogens is 2. The van der Waals surface area contributed by atoms with Gasteiger partial charge in [-0.2, -0.15) is 0 Å². The van der Waals surface area contributed by atoms with E-state index in [0.717, 1.165) is 95.2 Å². The number of carbonyl (C=O) groups is 2. The van der Waals surface area contributed by atoms with E-state index in [4.69, 9.17) is 15.5 Å². The molecule has 11 heteroatoms. The van der Waals surface area contributed by atoms with E-state index >= 15 is 0 Å². The molecule has 2 aromatic heterocycles. The van der Waals surface area contributed by atoms with Gasteiger partial charge in [-0.3, -0.25) is 14.5 Å². The van der Waals surface area contributed by atoms with Crippen LogP contribution in [0.15, 0.2) is 122 Å². The van der Waals surface area contributed by atoms with Crippen molar-refractivity contribution in [3.05, 3.63) is 155 Å². The largest absolute Gasteiger partial charge is 0.379 e. The van der Waals surface area contributed by atoms with Gasteiger partial charge in [0.1, 0.15) is 23.7 Å². The van der Waals surface area contributed by atoms with E-state index in [-0.39, 0.29) is 29.9 Å². The number of likely N-dealkylation sites (tertiary alicyclic amines) is 2. The summed E-state index contributed by atoms with van der Waals surface area (Å²) in [6.07, 6.45) is 7.24. The number of aromatic nitrogens is 4. The molecule has 59 heavy (non-hydrogen) atoms. The highest BCUT2D eigenvalue weighted by atomic mass is 16.5. The van der Waals surface area contributed by atoms with Gasteiger partial charge in [0, 0.05) is 37.3 Å². The highest BCUT2D eigenvalue weighted by molar-refractivity contribution is 5.84. The van der Waals surface area contributed by atoms with Crippen LogP contribution >= 0.6 is 0 Å². The second kappa shape index (κ2) is 17.3. The molecule has 9 rings (SSSR count). The van der Waals surface area contributed by atoms with Crippen molar-refractivity contribution < 1.29 is 14.3 Å². The summed E-state index contributed by atoms with van der Waals surface area (Å²) in [4.78, 5) is 50.3. The number of amides is 2. The molecule has 3 saturated heterocycles. The van der Waals surface area contributed by atoms with Gasteiger partial charge in [-0.15, -0.1) is 0 Å². The van der Waals surface area contributed by atoms with Gasteiger partial charge < -0.3 is 30.2 Å². The standard InChI is InChI=1S/C48H48N8O3/c49-43(37-9-3-1-4-10-37)47(57)55-25-7-13-41(55)45-50-31-39(52-45)35-21-17-33(18-22-35)15-16-34-19-23-36(24-20-34)40-32-51-46(53-40)42-14-8-26-56(42)48(58)44(38-11-5-2-6-12-38)54-27-29-59-30-28-54/h1-6,9-12,17-24,31-32,41-44H,7-8,13-14,25-30,49H2,(H,50,52)(H,51,53)/t41-,42-,43+,44+/m0/s1. The topological polar surface area (TPSA) is 136 Å². The van der Waals surface area contributed by atoms with Gasteiger partial charge in [-0.25, -0.2) is 9.97 Å². The van der Waals surface area contributed by atoms with E-state index in [1.807, 2.05) is 107 Å². The second-order valence-electron chi connectivity index (χ2n) is 15.5. The highest BCUT2D eigenvalue weighted by Crippen LogP contribution is 2.36. The summed E-state index contributed by atoms with van der Waals surface area (Å²) in [5, 5.41) is 0. The zero-order valence-electron chi connectivity index (χ0n) is 33.0. The second-order valence-corrected chi connectivity index (χ2v) is 15.5. The van der Waals surface area contributed by atoms with E-state index in [1.165, 1.54) is 0 Å². The third-order valence-corrected chi connectivity index (χ3v) is 11.8. The molecule has 0 radical (unpaired) electrons. The highest BCUT2D eigenvalue weighted by Gasteiger charge is 2.39. The minimum atomic E-state index is -0.699. The quantitative estimate of drug-likeness (QED) is 0.135. The van der Waals surface area contributed by atoms with Gasteiger partial charge in [0.15, 0.2) is 0 Å². The van der Waals surface area contributed by atoms with Crippen molar-refractivity contribution >= 4 is 11.8 Å². The maximum absolute atomic E-state index is 14.3. The third-order valence-electron chi connectivity index (χ3n) is 11.8. The Morgan fingerprint density at radius 1 is 0.627 bits per heavy atom. The predicted octanol–water partition coefficient (Wildman–Crippen LogP) is 6.97. The lowest BCUT2D eigenvalue weighted by Crippen LogP contribution is -2.47. The fourth-order valence-corrected chi connectivity index (χ4v) is 8.66. The molecule has 3 aliphatic heterocycles. The molecule has 0 unspecified atom stereocenters. The van der Waals surface area contributed by atoms with E-state index in [9.17, 15) is 9.59 Å². The molecule has 3 aliphatic rings. The van der Waals surface area contributed by atoms with Crippen LogP contribution in [0.5, 0.6) is 0 Å². The molecule has 3 fully saturated rings. The van der Waals surface area contributed by atoms with Crippen molar-refractivity contribution in [2.75, 3.05) is 39.4 Å². The lowest BCUT2D eigenvalue weighted by Gasteiger charge is -2.37. The van der Waals surface area contributed by atoms with Crippen molar-refractivity contribution in [1.82, 2.24) is 34.6 Å². The van der Waals surface area contributed by atoms with Crippen LogP contribution in [0.3, 0.4) is 0 Å². The SMILES string of the molecule is N[C@@H](C(=O)N1CCC[C@H]1c1ncc(-c2ccc(C#Cc3ccc(-c4cnc([C@@H]5CCCN5C(=O)[C@@H](c5ccccc5)N5CCOCC5)[nH]4)cc3)cc2)[nH]1)c1ccccc1. The van der Waals surface area contributed by atoms with Crippen LogP contribution in [0, 0.1) is 11.8 Å². The van der Waals surface area contributed by atoms with Crippen LogP contribution < -0.4 is 5.73 Å². The van der Waals surface area contributed by atoms with Crippen molar-refractivity contribution in [3.63, 3.8) is 0 Å². The molecule has 5 heterocycles. The lowest BCUT2D eigenvalue weighted by molar-refractivity contribution is -0.140. The number of ether oxygens (including phenoxy) is 1. The number of rotatable bonds is 9. The summed E-state index contributed by atoms with van der Waals surface area (Å²) in [7, 11) is 0. The molecule has 4 aromatic carbocycles. The zero-order chi connectivity index (χ0) is 40.1. The molecule has 0 bridgehead atoms. The first-order chi connectivity index (χ1) is 29.0. The number of nitrogens with two attached hydrogens (primary N) is 1. The molecular formula is C48H48N8O3. The Morgan fingerprint density at radius 2 is 1.10 bits per heavy atom. The first-order valence-electron chi connectivity index (χ1n) is 20.6. The predicted molar refractivity (Wildman–Crippen MR) is 226 cm³/mol. The molecule has 4 N–H and O–H groups in total. The fraction of sp³-hybridized carbons (Fsp3) is 0.292. The minimum absolute atomic E-state index is 0.0809. The summed E-state index contributed by atoms with van der Waals surface area (Å²) in [6.45, 7) is 4.09. The van der Waals surface area contributed by atoms with E-state index in [1.54, 1.807) is 0 Å². The third kappa shape index (κ3) is 8.21. The maximum atomic E-state index is 14.3. The minimum Gasteiger partial charge on any atom is -0.379 e. The van der Waals surface area contributed by atoms with E-state index < -0.39 is 6.04 Å². The molecule has 0 spiro atoms. The van der Waals surface area contributed by atoms with Crippen molar-refractivity contribution in [2.45, 2.75) is 49.9 Å². The Hall–Kier alpha value is -6.32. The Kier molecular flexibility index (Phi) is 11.2. The number of hydrogen-bond acceptors (Lipinski definition) is 7. The Labute approximate surface area is 344 Å². The molecule has 6 aromatic rings. The maximum Gasteiger partial charge on any atom is 0.245 e. The summed E-state index contributed by atoms with van der Waals surface area (Å²) in [5.41, 5.74) is 13.8. The number of imidazole rings is 2. The number of hydrogen-bond donors (Lipinski definition) is 3. The van der Waals surface area contributed by atoms with E-state index in [2.05, 4.69) is 56.0 Å². The number of nitrogens with one attached hydrogen (secondary N) is 2. The Balaban J connectivity index is 0.833. The number of morpholine rings is 1. The average molecular weight is 785 g/mol. The Bertz CT molecular complexity index is 2430. The summed E-state index contributed by atoms with van der Waals surface area (Å²) in [6, 6.07) is 34.6. The van der Waals surface area contributed by atoms with Gasteiger partial charge in [0.25, 0.3) is 0 Å². The summed E-state index contributed by atoms with van der Waals surface area (Å²) < 4.78 is 5.62. The molecule has 0 aliphatic carbocycles. The molecule has 298 valence electrons.